The molecule has 0 saturated carbocycles. The van der Waals surface area contributed by atoms with Crippen LogP contribution in [0.25, 0.3) is 11.0 Å². The van der Waals surface area contributed by atoms with Crippen LogP contribution >= 0.6 is 0 Å². The molecule has 19 heavy (non-hydrogen) atoms. The second-order valence-corrected chi connectivity index (χ2v) is 4.73. The Morgan fingerprint density at radius 1 is 1.26 bits per heavy atom. The van der Waals surface area contributed by atoms with Crippen LogP contribution in [0.15, 0.2) is 24.3 Å². The first kappa shape index (κ1) is 13.6. The number of hydrogen-bond acceptors (Lipinski definition) is 2. The van der Waals surface area contributed by atoms with Gasteiger partial charge in [0.25, 0.3) is 0 Å². The van der Waals surface area contributed by atoms with Crippen LogP contribution in [0.3, 0.4) is 0 Å². The van der Waals surface area contributed by atoms with E-state index in [-0.39, 0.29) is 6.42 Å². The smallest absolute Gasteiger partial charge is 0.303 e. The highest BCUT2D eigenvalue weighted by molar-refractivity contribution is 5.75. The number of hydrogen-bond donors (Lipinski definition) is 1. The van der Waals surface area contributed by atoms with Gasteiger partial charge in [0.1, 0.15) is 5.82 Å². The number of fused-ring (bicyclic) bond motifs is 1. The van der Waals surface area contributed by atoms with Crippen molar-refractivity contribution in [2.75, 3.05) is 0 Å². The van der Waals surface area contributed by atoms with Crippen molar-refractivity contribution in [2.45, 2.75) is 45.6 Å². The average molecular weight is 260 g/mol. The quantitative estimate of drug-likeness (QED) is 0.777. The van der Waals surface area contributed by atoms with E-state index in [4.69, 9.17) is 5.11 Å². The molecule has 0 spiro atoms. The van der Waals surface area contributed by atoms with E-state index in [0.717, 1.165) is 43.6 Å². The molecule has 0 atom stereocenters. The highest BCUT2D eigenvalue weighted by Crippen LogP contribution is 2.17. The van der Waals surface area contributed by atoms with Crippen molar-refractivity contribution in [1.82, 2.24) is 9.55 Å². The summed E-state index contributed by atoms with van der Waals surface area (Å²) in [5.41, 5.74) is 2.22. The Kier molecular flexibility index (Phi) is 4.55. The fraction of sp³-hybridized carbons (Fsp3) is 0.467. The van der Waals surface area contributed by atoms with E-state index in [0.29, 0.717) is 0 Å². The number of carboxylic acids is 1. The van der Waals surface area contributed by atoms with Crippen molar-refractivity contribution in [3.8, 4) is 0 Å². The van der Waals surface area contributed by atoms with Gasteiger partial charge in [-0.05, 0) is 25.0 Å². The number of rotatable bonds is 7. The SMILES string of the molecule is CCc1nc2ccccc2n1CCCCCC(=O)O. The van der Waals surface area contributed by atoms with Crippen molar-refractivity contribution in [1.29, 1.82) is 0 Å². The number of carbonyl (C=O) groups is 1. The maximum absolute atomic E-state index is 10.5. The number of nitrogens with zero attached hydrogens (tertiary/aromatic N) is 2. The van der Waals surface area contributed by atoms with Gasteiger partial charge in [-0.25, -0.2) is 4.98 Å². The summed E-state index contributed by atoms with van der Waals surface area (Å²) in [5, 5.41) is 8.61. The van der Waals surface area contributed by atoms with Gasteiger partial charge in [0, 0.05) is 19.4 Å². The molecule has 1 aromatic carbocycles. The molecule has 0 bridgehead atoms. The Morgan fingerprint density at radius 3 is 2.79 bits per heavy atom. The third-order valence-corrected chi connectivity index (χ3v) is 3.32. The highest BCUT2D eigenvalue weighted by atomic mass is 16.4. The van der Waals surface area contributed by atoms with Gasteiger partial charge in [-0.3, -0.25) is 4.79 Å². The molecule has 2 rings (SSSR count). The lowest BCUT2D eigenvalue weighted by molar-refractivity contribution is -0.137. The zero-order valence-corrected chi connectivity index (χ0v) is 11.3. The van der Waals surface area contributed by atoms with Crippen molar-refractivity contribution in [3.63, 3.8) is 0 Å². The van der Waals surface area contributed by atoms with Gasteiger partial charge in [-0.15, -0.1) is 0 Å². The fourth-order valence-corrected chi connectivity index (χ4v) is 2.37. The topological polar surface area (TPSA) is 55.1 Å². The molecule has 1 heterocycles. The maximum atomic E-state index is 10.5. The third kappa shape index (κ3) is 3.34. The van der Waals surface area contributed by atoms with Crippen LogP contribution in [0.1, 0.15) is 38.4 Å². The molecular formula is C15H20N2O2. The third-order valence-electron chi connectivity index (χ3n) is 3.32. The Hall–Kier alpha value is -1.84. The number of imidazole rings is 1. The monoisotopic (exact) mass is 260 g/mol. The zero-order chi connectivity index (χ0) is 13.7. The normalized spacial score (nSPS) is 11.0. The van der Waals surface area contributed by atoms with Crippen LogP contribution < -0.4 is 0 Å². The van der Waals surface area contributed by atoms with E-state index in [1.54, 1.807) is 0 Å². The number of aliphatic carboxylic acids is 1. The number of benzene rings is 1. The Bertz CT molecular complexity index is 560. The Morgan fingerprint density at radius 2 is 2.05 bits per heavy atom. The molecule has 102 valence electrons. The molecule has 0 fully saturated rings. The summed E-state index contributed by atoms with van der Waals surface area (Å²) in [6.45, 7) is 3.03. The molecule has 1 aromatic heterocycles. The molecule has 1 N–H and O–H groups in total. The average Bonchev–Trinajstić information content (AvgIpc) is 2.76. The summed E-state index contributed by atoms with van der Waals surface area (Å²) in [6.07, 6.45) is 3.89. The minimum Gasteiger partial charge on any atom is -0.481 e. The minimum atomic E-state index is -0.706. The lowest BCUT2D eigenvalue weighted by atomic mass is 10.2. The van der Waals surface area contributed by atoms with E-state index in [1.807, 2.05) is 18.2 Å². The van der Waals surface area contributed by atoms with Crippen molar-refractivity contribution in [2.24, 2.45) is 0 Å². The zero-order valence-electron chi connectivity index (χ0n) is 11.3. The predicted molar refractivity (Wildman–Crippen MR) is 75.2 cm³/mol. The summed E-state index contributed by atoms with van der Waals surface area (Å²) < 4.78 is 2.26. The van der Waals surface area contributed by atoms with Crippen molar-refractivity contribution < 1.29 is 9.90 Å². The van der Waals surface area contributed by atoms with Crippen LogP contribution in [0.2, 0.25) is 0 Å². The molecule has 0 unspecified atom stereocenters. The van der Waals surface area contributed by atoms with Crippen LogP contribution in [0.5, 0.6) is 0 Å². The minimum absolute atomic E-state index is 0.269. The number of unbranched alkanes of at least 4 members (excludes halogenated alkanes) is 2. The van der Waals surface area contributed by atoms with Gasteiger partial charge < -0.3 is 9.67 Å². The molecule has 0 radical (unpaired) electrons. The first-order chi connectivity index (χ1) is 9.22. The molecule has 0 aliphatic carbocycles. The summed E-state index contributed by atoms with van der Waals surface area (Å²) in [7, 11) is 0. The molecule has 4 heteroatoms. The first-order valence-electron chi connectivity index (χ1n) is 6.88. The van der Waals surface area contributed by atoms with E-state index in [2.05, 4.69) is 22.5 Å². The molecule has 0 aliphatic rings. The molecular weight excluding hydrogens is 240 g/mol. The first-order valence-corrected chi connectivity index (χ1v) is 6.88. The van der Waals surface area contributed by atoms with Gasteiger partial charge in [0.15, 0.2) is 0 Å². The van der Waals surface area contributed by atoms with Crippen molar-refractivity contribution in [3.05, 3.63) is 30.1 Å². The summed E-state index contributed by atoms with van der Waals surface area (Å²) in [5.74, 6) is 0.404. The lowest BCUT2D eigenvalue weighted by Gasteiger charge is -2.07. The van der Waals surface area contributed by atoms with Crippen LogP contribution in [0, 0.1) is 0 Å². The molecule has 0 amide bonds. The van der Waals surface area contributed by atoms with Gasteiger partial charge in [0.2, 0.25) is 0 Å². The number of aromatic nitrogens is 2. The molecule has 0 aliphatic heterocycles. The molecule has 0 saturated heterocycles. The molecule has 4 nitrogen and oxygen atoms in total. The Labute approximate surface area is 113 Å². The van der Waals surface area contributed by atoms with E-state index < -0.39 is 5.97 Å². The van der Waals surface area contributed by atoms with Crippen LogP contribution in [-0.4, -0.2) is 20.6 Å². The molecule has 2 aromatic rings. The largest absolute Gasteiger partial charge is 0.481 e. The predicted octanol–water partition coefficient (Wildman–Crippen LogP) is 3.24. The second-order valence-electron chi connectivity index (χ2n) is 4.73. The highest BCUT2D eigenvalue weighted by Gasteiger charge is 2.08. The van der Waals surface area contributed by atoms with Gasteiger partial charge >= 0.3 is 5.97 Å². The van der Waals surface area contributed by atoms with Gasteiger partial charge in [-0.2, -0.15) is 0 Å². The van der Waals surface area contributed by atoms with Gasteiger partial charge in [-0.1, -0.05) is 25.5 Å². The summed E-state index contributed by atoms with van der Waals surface area (Å²) in [6, 6.07) is 8.17. The van der Waals surface area contributed by atoms with Crippen molar-refractivity contribution >= 4 is 17.0 Å². The van der Waals surface area contributed by atoms with E-state index in [1.165, 1.54) is 5.52 Å². The van der Waals surface area contributed by atoms with E-state index in [9.17, 15) is 4.79 Å². The second kappa shape index (κ2) is 6.36. The lowest BCUT2D eigenvalue weighted by Crippen LogP contribution is -2.03. The van der Waals surface area contributed by atoms with E-state index >= 15 is 0 Å². The number of carboxylic acid groups (broad SMARTS) is 1. The van der Waals surface area contributed by atoms with Crippen LogP contribution in [-0.2, 0) is 17.8 Å². The standard InChI is InChI=1S/C15H20N2O2/c1-2-14-16-12-8-5-6-9-13(12)17(14)11-7-3-4-10-15(18)19/h5-6,8-9H,2-4,7,10-11H2,1H3,(H,18,19). The number of para-hydroxylation sites is 2. The fourth-order valence-electron chi connectivity index (χ4n) is 2.37. The summed E-state index contributed by atoms with van der Waals surface area (Å²) >= 11 is 0. The Balaban J connectivity index is 2.01. The summed E-state index contributed by atoms with van der Waals surface area (Å²) in [4.78, 5) is 15.1. The van der Waals surface area contributed by atoms with Gasteiger partial charge in [0.05, 0.1) is 11.0 Å². The van der Waals surface area contributed by atoms with Crippen LogP contribution in [0.4, 0.5) is 0 Å². The number of aryl methyl sites for hydroxylation is 2. The maximum Gasteiger partial charge on any atom is 0.303 e.